The largest absolute Gasteiger partial charge is 0.496 e. The number of aliphatic hydroxyl groups is 1. The van der Waals surface area contributed by atoms with E-state index in [0.717, 1.165) is 31.7 Å². The molecule has 0 aliphatic carbocycles. The van der Waals surface area contributed by atoms with Crippen LogP contribution in [0.3, 0.4) is 0 Å². The van der Waals surface area contributed by atoms with Crippen LogP contribution >= 0.6 is 0 Å². The predicted molar refractivity (Wildman–Crippen MR) is 80.4 cm³/mol. The van der Waals surface area contributed by atoms with Crippen LogP contribution in [-0.2, 0) is 0 Å². The summed E-state index contributed by atoms with van der Waals surface area (Å²) < 4.78 is 16.2. The molecule has 0 radical (unpaired) electrons. The lowest BCUT2D eigenvalue weighted by Gasteiger charge is -2.35. The SMILES string of the molecule is COc1cc(OC)c([C@H](CO)N2CCNCC2)c(OC)c1. The molecule has 1 aromatic rings. The van der Waals surface area contributed by atoms with E-state index in [1.165, 1.54) is 0 Å². The Morgan fingerprint density at radius 1 is 1.10 bits per heavy atom. The smallest absolute Gasteiger partial charge is 0.131 e. The second kappa shape index (κ2) is 7.49. The Bertz CT molecular complexity index is 436. The average molecular weight is 296 g/mol. The minimum absolute atomic E-state index is 0.0129. The molecule has 118 valence electrons. The highest BCUT2D eigenvalue weighted by molar-refractivity contribution is 5.52. The molecule has 1 aliphatic rings. The molecule has 1 atom stereocenters. The van der Waals surface area contributed by atoms with Gasteiger partial charge >= 0.3 is 0 Å². The number of hydrogen-bond acceptors (Lipinski definition) is 6. The molecular formula is C15H24N2O4. The monoisotopic (exact) mass is 296 g/mol. The van der Waals surface area contributed by atoms with E-state index in [1.807, 2.05) is 12.1 Å². The van der Waals surface area contributed by atoms with Gasteiger partial charge in [-0.15, -0.1) is 0 Å². The maximum Gasteiger partial charge on any atom is 0.131 e. The second-order valence-electron chi connectivity index (χ2n) is 4.93. The van der Waals surface area contributed by atoms with Gasteiger partial charge in [0.05, 0.1) is 39.5 Å². The lowest BCUT2D eigenvalue weighted by molar-refractivity contribution is 0.106. The van der Waals surface area contributed by atoms with E-state index in [2.05, 4.69) is 10.2 Å². The molecule has 0 saturated carbocycles. The lowest BCUT2D eigenvalue weighted by atomic mass is 10.0. The van der Waals surface area contributed by atoms with E-state index in [1.54, 1.807) is 21.3 Å². The van der Waals surface area contributed by atoms with Gasteiger partial charge in [-0.25, -0.2) is 0 Å². The Morgan fingerprint density at radius 2 is 1.67 bits per heavy atom. The molecule has 6 heteroatoms. The number of ether oxygens (including phenoxy) is 3. The number of hydrogen-bond donors (Lipinski definition) is 2. The summed E-state index contributed by atoms with van der Waals surface area (Å²) >= 11 is 0. The fourth-order valence-corrected chi connectivity index (χ4v) is 2.74. The molecule has 2 rings (SSSR count). The van der Waals surface area contributed by atoms with Crippen LogP contribution in [0.2, 0.25) is 0 Å². The fourth-order valence-electron chi connectivity index (χ4n) is 2.74. The van der Waals surface area contributed by atoms with Gasteiger partial charge in [0, 0.05) is 38.3 Å². The summed E-state index contributed by atoms with van der Waals surface area (Å²) in [4.78, 5) is 2.24. The molecular weight excluding hydrogens is 272 g/mol. The quantitative estimate of drug-likeness (QED) is 0.804. The number of nitrogens with zero attached hydrogens (tertiary/aromatic N) is 1. The third-order valence-electron chi connectivity index (χ3n) is 3.85. The zero-order valence-corrected chi connectivity index (χ0v) is 12.9. The summed E-state index contributed by atoms with van der Waals surface area (Å²) in [6.07, 6.45) is 0. The van der Waals surface area contributed by atoms with Crippen molar-refractivity contribution < 1.29 is 19.3 Å². The van der Waals surface area contributed by atoms with Crippen LogP contribution in [0.25, 0.3) is 0 Å². The summed E-state index contributed by atoms with van der Waals surface area (Å²) in [6.45, 7) is 3.60. The minimum Gasteiger partial charge on any atom is -0.496 e. The van der Waals surface area contributed by atoms with Crippen LogP contribution in [0.5, 0.6) is 17.2 Å². The Morgan fingerprint density at radius 3 is 2.10 bits per heavy atom. The molecule has 2 N–H and O–H groups in total. The number of nitrogens with one attached hydrogen (secondary N) is 1. The van der Waals surface area contributed by atoms with Crippen molar-refractivity contribution in [3.8, 4) is 17.2 Å². The van der Waals surface area contributed by atoms with Gasteiger partial charge in [-0.1, -0.05) is 0 Å². The zero-order valence-electron chi connectivity index (χ0n) is 12.9. The maximum atomic E-state index is 9.89. The van der Waals surface area contributed by atoms with Crippen LogP contribution in [0.1, 0.15) is 11.6 Å². The van der Waals surface area contributed by atoms with Crippen LogP contribution < -0.4 is 19.5 Å². The van der Waals surface area contributed by atoms with Crippen molar-refractivity contribution in [3.63, 3.8) is 0 Å². The minimum atomic E-state index is -0.150. The number of benzene rings is 1. The first-order valence-corrected chi connectivity index (χ1v) is 7.10. The summed E-state index contributed by atoms with van der Waals surface area (Å²) in [5, 5.41) is 13.2. The molecule has 0 unspecified atom stereocenters. The van der Waals surface area contributed by atoms with E-state index in [4.69, 9.17) is 14.2 Å². The Balaban J connectivity index is 2.42. The van der Waals surface area contributed by atoms with E-state index in [-0.39, 0.29) is 12.6 Å². The number of methoxy groups -OCH3 is 3. The summed E-state index contributed by atoms with van der Waals surface area (Å²) in [5.41, 5.74) is 0.866. The van der Waals surface area contributed by atoms with Gasteiger partial charge < -0.3 is 24.6 Å². The molecule has 1 saturated heterocycles. The number of piperazine rings is 1. The van der Waals surface area contributed by atoms with Crippen LogP contribution in [0, 0.1) is 0 Å². The average Bonchev–Trinajstić information content (AvgIpc) is 2.56. The third-order valence-corrected chi connectivity index (χ3v) is 3.85. The van der Waals surface area contributed by atoms with E-state index in [0.29, 0.717) is 17.2 Å². The Kier molecular flexibility index (Phi) is 5.67. The molecule has 21 heavy (non-hydrogen) atoms. The molecule has 0 spiro atoms. The Hall–Kier alpha value is -1.50. The van der Waals surface area contributed by atoms with Crippen molar-refractivity contribution in [2.45, 2.75) is 6.04 Å². The van der Waals surface area contributed by atoms with E-state index in [9.17, 15) is 5.11 Å². The zero-order chi connectivity index (χ0) is 15.2. The van der Waals surface area contributed by atoms with Crippen molar-refractivity contribution in [1.82, 2.24) is 10.2 Å². The van der Waals surface area contributed by atoms with Crippen molar-refractivity contribution in [2.75, 3.05) is 54.1 Å². The van der Waals surface area contributed by atoms with E-state index >= 15 is 0 Å². The maximum absolute atomic E-state index is 9.89. The van der Waals surface area contributed by atoms with E-state index < -0.39 is 0 Å². The van der Waals surface area contributed by atoms with Crippen molar-refractivity contribution in [1.29, 1.82) is 0 Å². The molecule has 1 heterocycles. The van der Waals surface area contributed by atoms with Crippen molar-refractivity contribution in [3.05, 3.63) is 17.7 Å². The normalized spacial score (nSPS) is 17.3. The van der Waals surface area contributed by atoms with Gasteiger partial charge in [0.1, 0.15) is 17.2 Å². The first-order chi connectivity index (χ1) is 10.2. The third kappa shape index (κ3) is 3.40. The van der Waals surface area contributed by atoms with Crippen LogP contribution in [0.15, 0.2) is 12.1 Å². The number of rotatable bonds is 6. The fraction of sp³-hybridized carbons (Fsp3) is 0.600. The lowest BCUT2D eigenvalue weighted by Crippen LogP contribution is -2.46. The molecule has 0 aromatic heterocycles. The second-order valence-corrected chi connectivity index (χ2v) is 4.93. The van der Waals surface area contributed by atoms with Crippen LogP contribution in [-0.4, -0.2) is 64.1 Å². The molecule has 1 aromatic carbocycles. The van der Waals surface area contributed by atoms with Gasteiger partial charge in [0.15, 0.2) is 0 Å². The first kappa shape index (κ1) is 15.9. The molecule has 0 bridgehead atoms. The summed E-state index contributed by atoms with van der Waals surface area (Å²) in [7, 11) is 4.83. The standard InChI is InChI=1S/C15H24N2O4/c1-19-11-8-13(20-2)15(14(9-11)21-3)12(10-18)17-6-4-16-5-7-17/h8-9,12,16,18H,4-7,10H2,1-3H3/t12-/m0/s1. The highest BCUT2D eigenvalue weighted by Gasteiger charge is 2.28. The van der Waals surface area contributed by atoms with Gasteiger partial charge in [-0.2, -0.15) is 0 Å². The molecule has 1 aliphatic heterocycles. The van der Waals surface area contributed by atoms with Gasteiger partial charge in [-0.3, -0.25) is 4.90 Å². The van der Waals surface area contributed by atoms with Gasteiger partial charge in [0.2, 0.25) is 0 Å². The van der Waals surface area contributed by atoms with Crippen LogP contribution in [0.4, 0.5) is 0 Å². The number of aliphatic hydroxyl groups excluding tert-OH is 1. The first-order valence-electron chi connectivity index (χ1n) is 7.10. The van der Waals surface area contributed by atoms with Crippen molar-refractivity contribution >= 4 is 0 Å². The molecule has 0 amide bonds. The molecule has 6 nitrogen and oxygen atoms in total. The van der Waals surface area contributed by atoms with Crippen molar-refractivity contribution in [2.24, 2.45) is 0 Å². The predicted octanol–water partition coefficient (Wildman–Crippen LogP) is 0.651. The molecule has 1 fully saturated rings. The Labute approximate surface area is 125 Å². The summed E-state index contributed by atoms with van der Waals surface area (Å²) in [6, 6.07) is 3.49. The summed E-state index contributed by atoms with van der Waals surface area (Å²) in [5.74, 6) is 2.01. The van der Waals surface area contributed by atoms with Gasteiger partial charge in [0.25, 0.3) is 0 Å². The highest BCUT2D eigenvalue weighted by Crippen LogP contribution is 2.40. The topological polar surface area (TPSA) is 63.2 Å². The highest BCUT2D eigenvalue weighted by atomic mass is 16.5. The van der Waals surface area contributed by atoms with Gasteiger partial charge in [-0.05, 0) is 0 Å².